The van der Waals surface area contributed by atoms with E-state index in [1.54, 1.807) is 7.11 Å². The minimum absolute atomic E-state index is 0.401. The summed E-state index contributed by atoms with van der Waals surface area (Å²) in [6.07, 6.45) is 7.07. The normalized spacial score (nSPS) is 18.5. The molecule has 2 aliphatic rings. The molecule has 4 rings (SSSR count). The summed E-state index contributed by atoms with van der Waals surface area (Å²) in [4.78, 5) is 18.8. The Morgan fingerprint density at radius 2 is 1.70 bits per heavy atom. The van der Waals surface area contributed by atoms with Crippen molar-refractivity contribution in [2.24, 2.45) is 0 Å². The van der Waals surface area contributed by atoms with Gasteiger partial charge in [0.05, 0.1) is 12.1 Å². The Morgan fingerprint density at radius 3 is 2.36 bits per heavy atom. The Bertz CT molecular complexity index is 913. The first-order chi connectivity index (χ1) is 16.0. The largest absolute Gasteiger partial charge is 0.495 e. The van der Waals surface area contributed by atoms with E-state index in [0.29, 0.717) is 34.7 Å². The van der Waals surface area contributed by atoms with Crippen molar-refractivity contribution in [3.63, 3.8) is 0 Å². The average Bonchev–Trinajstić information content (AvgIpc) is 3.08. The van der Waals surface area contributed by atoms with E-state index in [1.165, 1.54) is 25.7 Å². The van der Waals surface area contributed by atoms with E-state index < -0.39 is 0 Å². The molecule has 33 heavy (non-hydrogen) atoms. The molecule has 2 aliphatic heterocycles. The standard InChI is InChI=1S/C23H35ClN8O/c1-30-14-10-18(11-15-30)31(2)23-27-21(25-17-8-9-20(33-3)19(24)16-17)26-22(28-23)29-32-12-6-4-5-7-13-32/h8-9,16,18H,4-7,10-15H2,1-3H3,(H2,25,26,27,28,29). The number of piperidine rings is 1. The summed E-state index contributed by atoms with van der Waals surface area (Å²) in [5, 5.41) is 6.04. The van der Waals surface area contributed by atoms with Gasteiger partial charge in [0.25, 0.3) is 0 Å². The van der Waals surface area contributed by atoms with Crippen molar-refractivity contribution in [1.29, 1.82) is 0 Å². The first-order valence-corrected chi connectivity index (χ1v) is 12.2. The zero-order valence-corrected chi connectivity index (χ0v) is 20.6. The summed E-state index contributed by atoms with van der Waals surface area (Å²) in [7, 11) is 5.85. The van der Waals surface area contributed by atoms with Gasteiger partial charge in [-0.1, -0.05) is 24.4 Å². The van der Waals surface area contributed by atoms with Crippen LogP contribution in [0.5, 0.6) is 5.75 Å². The molecule has 0 radical (unpaired) electrons. The number of nitrogens with one attached hydrogen (secondary N) is 2. The second-order valence-corrected chi connectivity index (χ2v) is 9.32. The summed E-state index contributed by atoms with van der Waals surface area (Å²) >= 11 is 6.32. The lowest BCUT2D eigenvalue weighted by Crippen LogP contribution is -2.42. The van der Waals surface area contributed by atoms with E-state index >= 15 is 0 Å². The van der Waals surface area contributed by atoms with Crippen LogP contribution in [0.4, 0.5) is 23.5 Å². The van der Waals surface area contributed by atoms with Crippen LogP contribution >= 0.6 is 11.6 Å². The predicted molar refractivity (Wildman–Crippen MR) is 134 cm³/mol. The predicted octanol–water partition coefficient (Wildman–Crippen LogP) is 4.01. The van der Waals surface area contributed by atoms with E-state index in [0.717, 1.165) is 44.7 Å². The van der Waals surface area contributed by atoms with Gasteiger partial charge in [0.2, 0.25) is 17.8 Å². The number of ether oxygens (including phenoxy) is 1. The Kier molecular flexibility index (Phi) is 8.06. The molecule has 2 saturated heterocycles. The van der Waals surface area contributed by atoms with Gasteiger partial charge in [0, 0.05) is 31.9 Å². The average molecular weight is 475 g/mol. The lowest BCUT2D eigenvalue weighted by molar-refractivity contribution is 0.252. The third kappa shape index (κ3) is 6.37. The molecule has 0 spiro atoms. The fourth-order valence-corrected chi connectivity index (χ4v) is 4.63. The summed E-state index contributed by atoms with van der Waals surface area (Å²) in [5.74, 6) is 2.34. The smallest absolute Gasteiger partial charge is 0.244 e. The second-order valence-electron chi connectivity index (χ2n) is 8.92. The van der Waals surface area contributed by atoms with Crippen molar-refractivity contribution >= 4 is 35.1 Å². The number of anilines is 4. The highest BCUT2D eigenvalue weighted by Crippen LogP contribution is 2.29. The number of hydrogen-bond acceptors (Lipinski definition) is 9. The van der Waals surface area contributed by atoms with E-state index in [-0.39, 0.29) is 0 Å². The van der Waals surface area contributed by atoms with Gasteiger partial charge < -0.3 is 19.9 Å². The lowest BCUT2D eigenvalue weighted by Gasteiger charge is -2.35. The van der Waals surface area contributed by atoms with Gasteiger partial charge >= 0.3 is 0 Å². The summed E-state index contributed by atoms with van der Waals surface area (Å²) in [6.45, 7) is 4.13. The van der Waals surface area contributed by atoms with Gasteiger partial charge in [0.1, 0.15) is 5.75 Å². The number of methoxy groups -OCH3 is 1. The summed E-state index contributed by atoms with van der Waals surface area (Å²) in [5.41, 5.74) is 4.22. The van der Waals surface area contributed by atoms with Crippen molar-refractivity contribution in [1.82, 2.24) is 24.9 Å². The Hall–Kier alpha value is -2.36. The number of benzene rings is 1. The minimum Gasteiger partial charge on any atom is -0.495 e. The molecule has 3 heterocycles. The van der Waals surface area contributed by atoms with Crippen LogP contribution in [0.15, 0.2) is 18.2 Å². The van der Waals surface area contributed by atoms with Crippen LogP contribution in [0.25, 0.3) is 0 Å². The van der Waals surface area contributed by atoms with Gasteiger partial charge in [-0.2, -0.15) is 15.0 Å². The van der Waals surface area contributed by atoms with Crippen LogP contribution < -0.4 is 20.4 Å². The molecule has 2 N–H and O–H groups in total. The molecule has 2 fully saturated rings. The Morgan fingerprint density at radius 1 is 1.00 bits per heavy atom. The zero-order valence-electron chi connectivity index (χ0n) is 19.8. The molecule has 180 valence electrons. The lowest BCUT2D eigenvalue weighted by atomic mass is 10.0. The van der Waals surface area contributed by atoms with Crippen LogP contribution in [0.1, 0.15) is 38.5 Å². The maximum atomic E-state index is 6.32. The van der Waals surface area contributed by atoms with E-state index in [1.807, 2.05) is 18.2 Å². The molecular weight excluding hydrogens is 440 g/mol. The highest BCUT2D eigenvalue weighted by atomic mass is 35.5. The van der Waals surface area contributed by atoms with Crippen molar-refractivity contribution in [3.8, 4) is 5.75 Å². The van der Waals surface area contributed by atoms with Crippen LogP contribution in [-0.4, -0.2) is 78.3 Å². The monoisotopic (exact) mass is 474 g/mol. The molecule has 0 amide bonds. The number of hydrogen-bond donors (Lipinski definition) is 2. The second kappa shape index (κ2) is 11.2. The Labute approximate surface area is 201 Å². The van der Waals surface area contributed by atoms with E-state index in [2.05, 4.69) is 44.6 Å². The summed E-state index contributed by atoms with van der Waals surface area (Å²) in [6, 6.07) is 5.94. The number of aromatic nitrogens is 3. The third-order valence-electron chi connectivity index (χ3n) is 6.45. The molecule has 10 heteroatoms. The number of hydrazine groups is 1. The van der Waals surface area contributed by atoms with Crippen molar-refractivity contribution in [3.05, 3.63) is 23.2 Å². The van der Waals surface area contributed by atoms with Gasteiger partial charge in [0.15, 0.2) is 0 Å². The van der Waals surface area contributed by atoms with Crippen LogP contribution in [0, 0.1) is 0 Å². The van der Waals surface area contributed by atoms with Crippen molar-refractivity contribution in [2.45, 2.75) is 44.6 Å². The maximum absolute atomic E-state index is 6.32. The Balaban J connectivity index is 1.58. The van der Waals surface area contributed by atoms with E-state index in [4.69, 9.17) is 26.3 Å². The fraction of sp³-hybridized carbons (Fsp3) is 0.609. The number of likely N-dealkylation sites (tertiary alicyclic amines) is 1. The number of rotatable bonds is 7. The van der Waals surface area contributed by atoms with Gasteiger partial charge in [-0.15, -0.1) is 0 Å². The molecule has 0 saturated carbocycles. The SMILES string of the molecule is COc1ccc(Nc2nc(NN3CCCCCC3)nc(N(C)C3CCN(C)CC3)n2)cc1Cl. The van der Waals surface area contributed by atoms with Crippen molar-refractivity contribution < 1.29 is 4.74 Å². The maximum Gasteiger partial charge on any atom is 0.244 e. The van der Waals surface area contributed by atoms with Gasteiger partial charge in [-0.3, -0.25) is 5.43 Å². The van der Waals surface area contributed by atoms with Crippen molar-refractivity contribution in [2.75, 3.05) is 63.0 Å². The number of halogens is 1. The molecule has 1 aromatic carbocycles. The number of nitrogens with zero attached hydrogens (tertiary/aromatic N) is 6. The van der Waals surface area contributed by atoms with Gasteiger partial charge in [-0.05, 0) is 64.0 Å². The molecule has 0 atom stereocenters. The quantitative estimate of drug-likeness (QED) is 0.618. The summed E-state index contributed by atoms with van der Waals surface area (Å²) < 4.78 is 5.26. The molecule has 0 aliphatic carbocycles. The highest BCUT2D eigenvalue weighted by Gasteiger charge is 2.24. The molecule has 9 nitrogen and oxygen atoms in total. The molecular formula is C23H35ClN8O. The first kappa shape index (κ1) is 23.8. The molecule has 1 aromatic heterocycles. The van der Waals surface area contributed by atoms with E-state index in [9.17, 15) is 0 Å². The third-order valence-corrected chi connectivity index (χ3v) is 6.74. The topological polar surface area (TPSA) is 81.7 Å². The zero-order chi connectivity index (χ0) is 23.2. The minimum atomic E-state index is 0.401. The molecule has 0 bridgehead atoms. The molecule has 2 aromatic rings. The van der Waals surface area contributed by atoms with Gasteiger partial charge in [-0.25, -0.2) is 5.01 Å². The molecule has 0 unspecified atom stereocenters. The fourth-order valence-electron chi connectivity index (χ4n) is 4.37. The van der Waals surface area contributed by atoms with Crippen LogP contribution in [-0.2, 0) is 0 Å². The van der Waals surface area contributed by atoms with Crippen LogP contribution in [0.2, 0.25) is 5.02 Å². The first-order valence-electron chi connectivity index (χ1n) is 11.8. The highest BCUT2D eigenvalue weighted by molar-refractivity contribution is 6.32. The van der Waals surface area contributed by atoms with Crippen LogP contribution in [0.3, 0.4) is 0 Å².